The summed E-state index contributed by atoms with van der Waals surface area (Å²) < 4.78 is 0. The molecule has 158 valence electrons. The lowest BCUT2D eigenvalue weighted by molar-refractivity contribution is -0.136. The molecule has 0 radical (unpaired) electrons. The number of aliphatic carboxylic acids is 1. The van der Waals surface area contributed by atoms with Crippen LogP contribution in [-0.4, -0.2) is 40.0 Å². The first-order valence-corrected chi connectivity index (χ1v) is 10.9. The molecule has 2 aliphatic heterocycles. The first-order valence-electron chi connectivity index (χ1n) is 10.5. The van der Waals surface area contributed by atoms with E-state index in [2.05, 4.69) is 0 Å². The van der Waals surface area contributed by atoms with Crippen molar-refractivity contribution in [1.82, 2.24) is 9.80 Å². The zero-order valence-corrected chi connectivity index (χ0v) is 18.3. The Bertz CT molecular complexity index is 995. The molecule has 1 N–H and O–H groups in total. The van der Waals surface area contributed by atoms with Crippen molar-refractivity contribution in [1.29, 1.82) is 0 Å². The van der Waals surface area contributed by atoms with Crippen molar-refractivity contribution < 1.29 is 14.7 Å². The van der Waals surface area contributed by atoms with E-state index in [-0.39, 0.29) is 12.5 Å². The summed E-state index contributed by atoms with van der Waals surface area (Å²) in [4.78, 5) is 28.6. The SMILES string of the molecule is Cc1c2c(c(C)c(-c3ccc(Cl)cc3)c1CC(=O)O)CN(C(=O)N1CCCCC1)C2. The summed E-state index contributed by atoms with van der Waals surface area (Å²) in [6.45, 7) is 6.80. The van der Waals surface area contributed by atoms with Crippen molar-refractivity contribution in [2.75, 3.05) is 13.1 Å². The zero-order chi connectivity index (χ0) is 21.4. The number of hydrogen-bond donors (Lipinski definition) is 1. The molecule has 0 spiro atoms. The molecule has 4 rings (SSSR count). The second-order valence-electron chi connectivity index (χ2n) is 8.32. The van der Waals surface area contributed by atoms with Gasteiger partial charge in [-0.3, -0.25) is 4.79 Å². The fourth-order valence-corrected chi connectivity index (χ4v) is 4.99. The maximum absolute atomic E-state index is 13.1. The van der Waals surface area contributed by atoms with E-state index in [1.807, 2.05) is 47.9 Å². The second kappa shape index (κ2) is 8.31. The number of halogens is 1. The summed E-state index contributed by atoms with van der Waals surface area (Å²) >= 11 is 6.07. The second-order valence-corrected chi connectivity index (χ2v) is 8.76. The van der Waals surface area contributed by atoms with E-state index < -0.39 is 5.97 Å². The summed E-state index contributed by atoms with van der Waals surface area (Å²) in [7, 11) is 0. The van der Waals surface area contributed by atoms with Crippen LogP contribution in [0.2, 0.25) is 5.02 Å². The zero-order valence-electron chi connectivity index (χ0n) is 17.5. The van der Waals surface area contributed by atoms with Crippen molar-refractivity contribution >= 4 is 23.6 Å². The van der Waals surface area contributed by atoms with E-state index >= 15 is 0 Å². The Labute approximate surface area is 182 Å². The van der Waals surface area contributed by atoms with Crippen molar-refractivity contribution in [2.45, 2.75) is 52.6 Å². The minimum absolute atomic E-state index is 0.0437. The number of rotatable bonds is 3. The van der Waals surface area contributed by atoms with Crippen LogP contribution in [0.5, 0.6) is 0 Å². The summed E-state index contributed by atoms with van der Waals surface area (Å²) in [5.74, 6) is -0.855. The third-order valence-corrected chi connectivity index (χ3v) is 6.71. The van der Waals surface area contributed by atoms with Crippen molar-refractivity contribution in [3.05, 3.63) is 57.1 Å². The van der Waals surface area contributed by atoms with Crippen LogP contribution in [0.1, 0.15) is 47.1 Å². The number of hydrogen-bond acceptors (Lipinski definition) is 2. The van der Waals surface area contributed by atoms with Gasteiger partial charge in [0.25, 0.3) is 0 Å². The number of fused-ring (bicyclic) bond motifs is 1. The maximum atomic E-state index is 13.1. The van der Waals surface area contributed by atoms with Gasteiger partial charge in [0.2, 0.25) is 0 Å². The molecule has 2 heterocycles. The minimum atomic E-state index is -0.855. The van der Waals surface area contributed by atoms with Crippen molar-refractivity contribution in [3.8, 4) is 11.1 Å². The summed E-state index contributed by atoms with van der Waals surface area (Å²) in [5, 5.41) is 10.2. The van der Waals surface area contributed by atoms with Crippen LogP contribution in [0.15, 0.2) is 24.3 Å². The first-order chi connectivity index (χ1) is 14.4. The highest BCUT2D eigenvalue weighted by molar-refractivity contribution is 6.30. The quantitative estimate of drug-likeness (QED) is 0.736. The lowest BCUT2D eigenvalue weighted by Crippen LogP contribution is -2.43. The molecule has 0 atom stereocenters. The molecule has 0 aliphatic carbocycles. The van der Waals surface area contributed by atoms with Crippen LogP contribution in [0.4, 0.5) is 4.79 Å². The predicted molar refractivity (Wildman–Crippen MR) is 118 cm³/mol. The molecule has 1 fully saturated rings. The normalized spacial score (nSPS) is 16.0. The summed E-state index contributed by atoms with van der Waals surface area (Å²) in [6.07, 6.45) is 3.27. The van der Waals surface area contributed by atoms with Crippen LogP contribution in [0.3, 0.4) is 0 Å². The van der Waals surface area contributed by atoms with E-state index in [1.165, 1.54) is 6.42 Å². The third-order valence-electron chi connectivity index (χ3n) is 6.46. The van der Waals surface area contributed by atoms with Gasteiger partial charge in [0.1, 0.15) is 0 Å². The van der Waals surface area contributed by atoms with Gasteiger partial charge in [-0.05, 0) is 84.2 Å². The first kappa shape index (κ1) is 20.7. The van der Waals surface area contributed by atoms with Gasteiger partial charge in [-0.1, -0.05) is 23.7 Å². The molecule has 0 unspecified atom stereocenters. The van der Waals surface area contributed by atoms with Crippen LogP contribution in [-0.2, 0) is 24.3 Å². The largest absolute Gasteiger partial charge is 0.481 e. The Morgan fingerprint density at radius 3 is 2.13 bits per heavy atom. The predicted octanol–water partition coefficient (Wildman–Crippen LogP) is 5.17. The highest BCUT2D eigenvalue weighted by Gasteiger charge is 2.32. The van der Waals surface area contributed by atoms with Crippen molar-refractivity contribution in [3.63, 3.8) is 0 Å². The van der Waals surface area contributed by atoms with Gasteiger partial charge in [0, 0.05) is 31.2 Å². The molecule has 2 amide bonds. The fraction of sp³-hybridized carbons (Fsp3) is 0.417. The topological polar surface area (TPSA) is 60.9 Å². The number of likely N-dealkylation sites (tertiary alicyclic amines) is 1. The number of carbonyl (C=O) groups excluding carboxylic acids is 1. The van der Waals surface area contributed by atoms with E-state index in [4.69, 9.17) is 11.6 Å². The molecular weight excluding hydrogens is 400 g/mol. The monoisotopic (exact) mass is 426 g/mol. The fourth-order valence-electron chi connectivity index (χ4n) is 4.87. The minimum Gasteiger partial charge on any atom is -0.481 e. The Balaban J connectivity index is 1.76. The van der Waals surface area contributed by atoms with Gasteiger partial charge in [0.05, 0.1) is 6.42 Å². The summed E-state index contributed by atoms with van der Waals surface area (Å²) in [5.41, 5.74) is 7.04. The number of carboxylic acids is 1. The van der Waals surface area contributed by atoms with Crippen molar-refractivity contribution in [2.24, 2.45) is 0 Å². The number of benzene rings is 2. The lowest BCUT2D eigenvalue weighted by Gasteiger charge is -2.30. The third kappa shape index (κ3) is 3.79. The van der Waals surface area contributed by atoms with Gasteiger partial charge in [-0.25, -0.2) is 4.79 Å². The number of amides is 2. The molecule has 5 nitrogen and oxygen atoms in total. The molecule has 2 aliphatic rings. The highest BCUT2D eigenvalue weighted by Crippen LogP contribution is 2.40. The molecular formula is C24H27ClN2O3. The number of carbonyl (C=O) groups is 2. The highest BCUT2D eigenvalue weighted by atomic mass is 35.5. The molecule has 0 aromatic heterocycles. The van der Waals surface area contributed by atoms with E-state index in [0.717, 1.165) is 64.9 Å². The Morgan fingerprint density at radius 1 is 0.933 bits per heavy atom. The van der Waals surface area contributed by atoms with Crippen LogP contribution >= 0.6 is 11.6 Å². The number of piperidine rings is 1. The standard InChI is InChI=1S/C24H27ClN2O3/c1-15-19(12-22(28)29)23(17-6-8-18(25)9-7-17)16(2)21-14-27(13-20(15)21)24(30)26-10-4-3-5-11-26/h6-9H,3-5,10-14H2,1-2H3,(H,28,29). The lowest BCUT2D eigenvalue weighted by atomic mass is 9.84. The smallest absolute Gasteiger partial charge is 0.320 e. The number of carboxylic acid groups (broad SMARTS) is 1. The van der Waals surface area contributed by atoms with Crippen LogP contribution in [0.25, 0.3) is 11.1 Å². The molecule has 0 bridgehead atoms. The number of urea groups is 1. The van der Waals surface area contributed by atoms with Gasteiger partial charge in [0.15, 0.2) is 0 Å². The van der Waals surface area contributed by atoms with Gasteiger partial charge in [-0.2, -0.15) is 0 Å². The maximum Gasteiger partial charge on any atom is 0.320 e. The molecule has 1 saturated heterocycles. The van der Waals surface area contributed by atoms with Gasteiger partial charge >= 0.3 is 12.0 Å². The van der Waals surface area contributed by atoms with Gasteiger partial charge < -0.3 is 14.9 Å². The molecule has 0 saturated carbocycles. The average molecular weight is 427 g/mol. The van der Waals surface area contributed by atoms with E-state index in [1.54, 1.807) is 0 Å². The molecule has 2 aromatic rings. The number of nitrogens with zero attached hydrogens (tertiary/aromatic N) is 2. The molecule has 6 heteroatoms. The van der Waals surface area contributed by atoms with Gasteiger partial charge in [-0.15, -0.1) is 0 Å². The Morgan fingerprint density at radius 2 is 1.53 bits per heavy atom. The van der Waals surface area contributed by atoms with E-state index in [0.29, 0.717) is 18.1 Å². The average Bonchev–Trinajstić information content (AvgIpc) is 3.19. The van der Waals surface area contributed by atoms with Crippen LogP contribution in [0, 0.1) is 13.8 Å². The Hall–Kier alpha value is -2.53. The molecule has 2 aromatic carbocycles. The van der Waals surface area contributed by atoms with Crippen LogP contribution < -0.4 is 0 Å². The summed E-state index contributed by atoms with van der Waals surface area (Å²) in [6, 6.07) is 7.63. The Kier molecular flexibility index (Phi) is 5.74. The molecule has 30 heavy (non-hydrogen) atoms. The van der Waals surface area contributed by atoms with E-state index in [9.17, 15) is 14.7 Å².